The second-order valence-corrected chi connectivity index (χ2v) is 22.2. The minimum atomic E-state index is -1.06. The fourth-order valence-electron chi connectivity index (χ4n) is 7.89. The summed E-state index contributed by atoms with van der Waals surface area (Å²) in [6.45, 7) is 14.7. The van der Waals surface area contributed by atoms with Crippen molar-refractivity contribution in [1.82, 2.24) is 25.3 Å². The molecule has 5 N–H and O–H groups in total. The van der Waals surface area contributed by atoms with Gasteiger partial charge in [-0.3, -0.25) is 28.9 Å². The zero-order valence-corrected chi connectivity index (χ0v) is 55.9. The number of nitrogens with one attached hydrogen (secondary N) is 2. The highest BCUT2D eigenvalue weighted by atomic mass is 16.3. The van der Waals surface area contributed by atoms with Crippen LogP contribution in [0.25, 0.3) is 0 Å². The van der Waals surface area contributed by atoms with E-state index in [-0.39, 0.29) is 12.1 Å². The molecule has 0 aliphatic rings. The molecule has 0 saturated carbocycles. The molecule has 0 atom stereocenters. The molecule has 484 valence electrons. The molecule has 0 saturated heterocycles. The Kier molecular flexibility index (Phi) is 70.6. The molecule has 0 fully saturated rings. The average Bonchev–Trinajstić information content (AvgIpc) is 4.19. The molecule has 4 amide bonds. The Hall–Kier alpha value is -5.24. The number of amidine groups is 2. The van der Waals surface area contributed by atoms with Crippen molar-refractivity contribution in [2.75, 3.05) is 26.7 Å². The van der Waals surface area contributed by atoms with Crippen molar-refractivity contribution in [3.63, 3.8) is 0 Å². The van der Waals surface area contributed by atoms with E-state index in [1.54, 1.807) is 18.6 Å². The SMILES string of the molecule is CC(C)(C)n1cccn1.CCCCC/C=C\C/C=C\CCCCCCCCNC(N)=NC.CCCCC/C=C\C/C=C\CCCCCCCCO.[3H]C(=NC([B])=O)N(CCCCCCCC/C=C\C/C=C\CCCCC)C([B])=O.[3H]C(=NC([B])=O)NC([B])=O. The smallest absolute Gasteiger partial charge is 0.203 e. The molecule has 1 aromatic rings. The lowest BCUT2D eigenvalue weighted by molar-refractivity contribution is 0.242. The number of guanidine groups is 1. The van der Waals surface area contributed by atoms with E-state index < -0.39 is 35.9 Å². The summed E-state index contributed by atoms with van der Waals surface area (Å²) in [6, 6.07) is 1.94. The number of aliphatic imine (C=N–C) groups is 3. The summed E-state index contributed by atoms with van der Waals surface area (Å²) in [6.07, 6.45) is 74.0. The monoisotopic (exact) mass is 1200 g/mol. The average molecular weight is 1200 g/mol. The van der Waals surface area contributed by atoms with Gasteiger partial charge in [0.25, 0.3) is 0 Å². The van der Waals surface area contributed by atoms with Crippen LogP contribution in [0.1, 0.15) is 275 Å². The van der Waals surface area contributed by atoms with E-state index in [0.717, 1.165) is 62.8 Å². The summed E-state index contributed by atoms with van der Waals surface area (Å²) < 4.78 is 16.2. The van der Waals surface area contributed by atoms with Gasteiger partial charge < -0.3 is 26.4 Å². The number of amides is 4. The lowest BCUT2D eigenvalue weighted by atomic mass is 10.1. The third-order valence-electron chi connectivity index (χ3n) is 12.9. The van der Waals surface area contributed by atoms with Crippen molar-refractivity contribution in [3.8, 4) is 0 Å². The van der Waals surface area contributed by atoms with E-state index in [1.165, 1.54) is 173 Å². The summed E-state index contributed by atoms with van der Waals surface area (Å²) in [5.74, 6) is -3.27. The number of hydrogen-bond donors (Lipinski definition) is 4. The minimum Gasteiger partial charge on any atom is -0.396 e. The van der Waals surface area contributed by atoms with Crippen molar-refractivity contribution < 1.29 is 27.0 Å². The van der Waals surface area contributed by atoms with Crippen LogP contribution in [0.4, 0.5) is 19.2 Å². The predicted molar refractivity (Wildman–Crippen MR) is 379 cm³/mol. The van der Waals surface area contributed by atoms with E-state index in [1.807, 2.05) is 16.9 Å². The first-order valence-corrected chi connectivity index (χ1v) is 33.1. The Morgan fingerprint density at radius 2 is 0.931 bits per heavy atom. The number of nitrogens with two attached hydrogens (primary N) is 1. The van der Waals surface area contributed by atoms with Crippen LogP contribution in [-0.2, 0) is 5.54 Å². The summed E-state index contributed by atoms with van der Waals surface area (Å²) >= 11 is 0. The standard InChI is InChI=1S/C21H34B2N2O2.C20H39N3.C18H34O.C7H12N2.C3H2B2N2O2/c1-2-3-4-5-6-7-8-9-10-11-12-13-14-15-16-17-18-25(21(23)27)19-24-20(22)26;1-3-4-5-6-7-8-9-10-11-12-13-14-15-16-17-18-19-23-20(21)22-2;1-2-3-4-5-6-7-8-9-10-11-12-13-14-15-16-17-18-19;1-7(2,3)9-6-4-5-8-9;4-2(8)6-1-7-3(5)9/h6-7,9-10,19H,2-5,8,11-18H2,1H3;7-8,10-11H,3-6,9,12-19H2,1-2H3,(H3,21,22,23);6-7,9-10,19H,2-5,8,11-18H2,1H3;4-6H,1-3H3;1H,(H,6,7,8,9)/b7-6-,10-9-,24-19?;8-7-,11-10-;7-6-,10-9-;;/i19T;;;;1T. The Morgan fingerprint density at radius 1 is 0.563 bits per heavy atom. The topological polar surface area (TPSA) is 197 Å². The van der Waals surface area contributed by atoms with Crippen molar-refractivity contribution in [1.29, 1.82) is 0 Å². The Labute approximate surface area is 540 Å². The fraction of sp³-hybridized carbons (Fsp3) is 0.681. The lowest BCUT2D eigenvalue weighted by Crippen LogP contribution is -2.31. The van der Waals surface area contributed by atoms with Crippen LogP contribution in [-0.4, -0.2) is 120 Å². The Morgan fingerprint density at radius 3 is 1.24 bits per heavy atom. The highest BCUT2D eigenvalue weighted by molar-refractivity contribution is 6.60. The van der Waals surface area contributed by atoms with Gasteiger partial charge in [-0.05, 0) is 142 Å². The molecule has 0 aromatic carbocycles. The number of aliphatic hydroxyl groups excluding tert-OH is 1. The number of unbranched alkanes of at least 4 members (excludes halogenated alkanes) is 27. The van der Waals surface area contributed by atoms with Gasteiger partial charge in [-0.1, -0.05) is 209 Å². The first-order chi connectivity index (χ1) is 42.8. The molecule has 0 unspecified atom stereocenters. The Balaban J connectivity index is -0.000000535. The molecule has 18 heteroatoms. The molecule has 0 bridgehead atoms. The van der Waals surface area contributed by atoms with Gasteiger partial charge in [0.05, 0.1) is 18.2 Å². The summed E-state index contributed by atoms with van der Waals surface area (Å²) in [7, 11) is 20.9. The molecule has 0 aliphatic carbocycles. The van der Waals surface area contributed by atoms with Crippen LogP contribution in [0.15, 0.2) is 106 Å². The first kappa shape index (κ1) is 83.8. The van der Waals surface area contributed by atoms with E-state index in [4.69, 9.17) is 29.3 Å². The van der Waals surface area contributed by atoms with Crippen LogP contribution in [0, 0.1) is 0 Å². The van der Waals surface area contributed by atoms with Gasteiger partial charge in [0.15, 0.2) is 29.2 Å². The molecule has 0 spiro atoms. The van der Waals surface area contributed by atoms with Gasteiger partial charge in [-0.15, -0.1) is 0 Å². The van der Waals surface area contributed by atoms with Crippen LogP contribution in [0.5, 0.6) is 0 Å². The number of hydrogen-bond acceptors (Lipinski definition) is 7. The van der Waals surface area contributed by atoms with E-state index in [0.29, 0.717) is 19.0 Å². The quantitative estimate of drug-likeness (QED) is 0.0163. The zero-order valence-electron chi connectivity index (χ0n) is 57.9. The molecule has 1 heterocycles. The fourth-order valence-corrected chi connectivity index (χ4v) is 7.89. The zero-order chi connectivity index (χ0) is 67.1. The van der Waals surface area contributed by atoms with Crippen molar-refractivity contribution in [2.45, 2.75) is 278 Å². The molecular formula is C69H121B4N9O5. The second-order valence-electron chi connectivity index (χ2n) is 22.2. The maximum absolute atomic E-state index is 11.3. The minimum absolute atomic E-state index is 0.128. The van der Waals surface area contributed by atoms with Gasteiger partial charge >= 0.3 is 0 Å². The molecule has 8 radical (unpaired) electrons. The highest BCUT2D eigenvalue weighted by Crippen LogP contribution is 2.12. The van der Waals surface area contributed by atoms with Gasteiger partial charge in [0.1, 0.15) is 2.74 Å². The van der Waals surface area contributed by atoms with Crippen LogP contribution >= 0.6 is 0 Å². The molecule has 1 rings (SSSR count). The number of allylic oxidation sites excluding steroid dienone is 12. The van der Waals surface area contributed by atoms with E-state index >= 15 is 0 Å². The number of aliphatic hydroxyl groups is 1. The van der Waals surface area contributed by atoms with E-state index in [9.17, 15) is 19.2 Å². The molecular weight excluding hydrogens is 1080 g/mol. The number of nitrogens with zero attached hydrogens (tertiary/aromatic N) is 6. The highest BCUT2D eigenvalue weighted by Gasteiger charge is 2.11. The van der Waals surface area contributed by atoms with Crippen molar-refractivity contribution in [3.05, 3.63) is 91.4 Å². The largest absolute Gasteiger partial charge is 0.396 e. The van der Waals surface area contributed by atoms with Gasteiger partial charge in [-0.2, -0.15) is 5.10 Å². The van der Waals surface area contributed by atoms with Crippen LogP contribution in [0.2, 0.25) is 0 Å². The maximum atomic E-state index is 11.3. The Bertz CT molecular complexity index is 2080. The normalized spacial score (nSPS) is 12.3. The van der Waals surface area contributed by atoms with Crippen molar-refractivity contribution >= 4 is 73.2 Å². The van der Waals surface area contributed by atoms with Gasteiger partial charge in [0.2, 0.25) is 31.4 Å². The second kappa shape index (κ2) is 73.2. The summed E-state index contributed by atoms with van der Waals surface area (Å²) in [4.78, 5) is 52.7. The third-order valence-corrected chi connectivity index (χ3v) is 12.9. The maximum Gasteiger partial charge on any atom is 0.203 e. The lowest BCUT2D eigenvalue weighted by Gasteiger charge is -2.18. The number of aromatic nitrogens is 2. The van der Waals surface area contributed by atoms with E-state index in [2.05, 4.69) is 156 Å². The summed E-state index contributed by atoms with van der Waals surface area (Å²) in [5, 5.41) is 17.6. The first-order valence-electron chi connectivity index (χ1n) is 34.1. The van der Waals surface area contributed by atoms with Crippen LogP contribution in [0.3, 0.4) is 0 Å². The van der Waals surface area contributed by atoms with Crippen LogP contribution < -0.4 is 16.4 Å². The van der Waals surface area contributed by atoms with Gasteiger partial charge in [-0.25, -0.2) is 9.98 Å². The molecule has 1 aromatic heterocycles. The van der Waals surface area contributed by atoms with Gasteiger partial charge in [0, 0.05) is 39.1 Å². The van der Waals surface area contributed by atoms with Crippen molar-refractivity contribution in [2.24, 2.45) is 20.7 Å². The third kappa shape index (κ3) is 82.9. The number of carbonyl (C=O) groups is 4. The number of rotatable bonds is 44. The molecule has 14 nitrogen and oxygen atoms in total. The molecule has 87 heavy (non-hydrogen) atoms. The predicted octanol–water partition coefficient (Wildman–Crippen LogP) is 17.7. The summed E-state index contributed by atoms with van der Waals surface area (Å²) in [5.41, 5.74) is 5.70. The molecule has 0 aliphatic heterocycles. The number of carbonyl (C=O) groups excluding carboxylic acids is 4.